The van der Waals surface area contributed by atoms with Crippen LogP contribution in [0.1, 0.15) is 52.5 Å². The zero-order valence-corrected chi connectivity index (χ0v) is 16.5. The van der Waals surface area contributed by atoms with E-state index in [9.17, 15) is 14.4 Å². The van der Waals surface area contributed by atoms with Crippen molar-refractivity contribution in [1.82, 2.24) is 10.2 Å². The van der Waals surface area contributed by atoms with Gasteiger partial charge in [0, 0.05) is 25.0 Å². The second-order valence-electron chi connectivity index (χ2n) is 7.48. The third kappa shape index (κ3) is 5.29. The van der Waals surface area contributed by atoms with Gasteiger partial charge in [-0.15, -0.1) is 0 Å². The molecule has 0 bridgehead atoms. The highest BCUT2D eigenvalue weighted by Crippen LogP contribution is 2.22. The molecular formula is C23H26N2O4. The number of nitrogens with one attached hydrogen (secondary N) is 1. The summed E-state index contributed by atoms with van der Waals surface area (Å²) in [4.78, 5) is 37.3. The van der Waals surface area contributed by atoms with Crippen LogP contribution in [0.4, 0.5) is 0 Å². The van der Waals surface area contributed by atoms with Gasteiger partial charge in [-0.25, -0.2) is 0 Å². The van der Waals surface area contributed by atoms with Crippen molar-refractivity contribution < 1.29 is 19.5 Å². The van der Waals surface area contributed by atoms with Crippen molar-refractivity contribution in [2.24, 2.45) is 0 Å². The van der Waals surface area contributed by atoms with Crippen molar-refractivity contribution in [1.29, 1.82) is 0 Å². The number of nitrogens with zero attached hydrogens (tertiary/aromatic N) is 1. The fourth-order valence-electron chi connectivity index (χ4n) is 3.69. The molecule has 152 valence electrons. The van der Waals surface area contributed by atoms with E-state index in [0.717, 1.165) is 12.0 Å². The van der Waals surface area contributed by atoms with Crippen LogP contribution >= 0.6 is 0 Å². The molecule has 2 atom stereocenters. The zero-order valence-electron chi connectivity index (χ0n) is 16.5. The first-order chi connectivity index (χ1) is 14.0. The Morgan fingerprint density at radius 2 is 1.55 bits per heavy atom. The number of hydrogen-bond acceptors (Lipinski definition) is 4. The minimum atomic E-state index is -0.816. The van der Waals surface area contributed by atoms with Crippen molar-refractivity contribution >= 4 is 17.8 Å². The SMILES string of the molecule is CC(CCN1C(=O)c2ccccc2C1=O)NC(CCC(=O)O)Cc1ccccc1. The molecule has 6 nitrogen and oxygen atoms in total. The number of carbonyl (C=O) groups is 3. The van der Waals surface area contributed by atoms with Crippen LogP contribution in [0.2, 0.25) is 0 Å². The van der Waals surface area contributed by atoms with E-state index in [0.29, 0.717) is 30.5 Å². The van der Waals surface area contributed by atoms with Gasteiger partial charge in [-0.1, -0.05) is 42.5 Å². The number of amides is 2. The van der Waals surface area contributed by atoms with E-state index in [4.69, 9.17) is 5.11 Å². The van der Waals surface area contributed by atoms with Gasteiger partial charge in [0.2, 0.25) is 0 Å². The minimum absolute atomic E-state index is 0.00526. The Bertz CT molecular complexity index is 846. The Labute approximate surface area is 170 Å². The first-order valence-corrected chi connectivity index (χ1v) is 9.92. The Hall–Kier alpha value is -2.99. The summed E-state index contributed by atoms with van der Waals surface area (Å²) in [5, 5.41) is 12.5. The van der Waals surface area contributed by atoms with Gasteiger partial charge in [-0.2, -0.15) is 0 Å². The number of fused-ring (bicyclic) bond motifs is 1. The van der Waals surface area contributed by atoms with Gasteiger partial charge in [-0.05, 0) is 43.9 Å². The number of carbonyl (C=O) groups excluding carboxylic acids is 2. The highest BCUT2D eigenvalue weighted by atomic mass is 16.4. The van der Waals surface area contributed by atoms with E-state index in [1.807, 2.05) is 37.3 Å². The van der Waals surface area contributed by atoms with E-state index >= 15 is 0 Å². The first kappa shape index (κ1) is 20.7. The Morgan fingerprint density at radius 3 is 2.14 bits per heavy atom. The van der Waals surface area contributed by atoms with Crippen molar-refractivity contribution in [2.45, 2.75) is 44.7 Å². The highest BCUT2D eigenvalue weighted by Gasteiger charge is 2.34. The fourth-order valence-corrected chi connectivity index (χ4v) is 3.69. The monoisotopic (exact) mass is 394 g/mol. The normalized spacial score (nSPS) is 15.3. The molecule has 0 aromatic heterocycles. The van der Waals surface area contributed by atoms with Crippen LogP contribution < -0.4 is 5.32 Å². The maximum atomic E-state index is 12.5. The van der Waals surface area contributed by atoms with Crippen molar-refractivity contribution in [3.63, 3.8) is 0 Å². The molecule has 1 aliphatic heterocycles. The molecule has 6 heteroatoms. The maximum absolute atomic E-state index is 12.5. The summed E-state index contributed by atoms with van der Waals surface area (Å²) in [6.07, 6.45) is 1.94. The van der Waals surface area contributed by atoms with Gasteiger partial charge < -0.3 is 10.4 Å². The number of carboxylic acid groups (broad SMARTS) is 1. The Kier molecular flexibility index (Phi) is 6.77. The smallest absolute Gasteiger partial charge is 0.303 e. The summed E-state index contributed by atoms with van der Waals surface area (Å²) in [5.41, 5.74) is 2.06. The van der Waals surface area contributed by atoms with Crippen LogP contribution in [-0.4, -0.2) is 46.4 Å². The predicted octanol–water partition coefficient (Wildman–Crippen LogP) is 3.13. The van der Waals surface area contributed by atoms with Crippen LogP contribution in [0.5, 0.6) is 0 Å². The van der Waals surface area contributed by atoms with Gasteiger partial charge in [0.25, 0.3) is 11.8 Å². The van der Waals surface area contributed by atoms with Gasteiger partial charge in [0.15, 0.2) is 0 Å². The average Bonchev–Trinajstić information content (AvgIpc) is 2.96. The topological polar surface area (TPSA) is 86.7 Å². The Balaban J connectivity index is 1.57. The van der Waals surface area contributed by atoms with E-state index in [-0.39, 0.29) is 30.3 Å². The van der Waals surface area contributed by atoms with Crippen LogP contribution in [0.3, 0.4) is 0 Å². The molecule has 0 fully saturated rings. The lowest BCUT2D eigenvalue weighted by Crippen LogP contribution is -2.41. The van der Waals surface area contributed by atoms with Crippen molar-refractivity contribution in [3.05, 3.63) is 71.3 Å². The van der Waals surface area contributed by atoms with E-state index in [1.54, 1.807) is 24.3 Å². The van der Waals surface area contributed by atoms with Crippen molar-refractivity contribution in [2.75, 3.05) is 6.54 Å². The second-order valence-corrected chi connectivity index (χ2v) is 7.48. The molecule has 2 aromatic carbocycles. The summed E-state index contributed by atoms with van der Waals surface area (Å²) in [6, 6.07) is 16.9. The quantitative estimate of drug-likeness (QED) is 0.605. The lowest BCUT2D eigenvalue weighted by molar-refractivity contribution is -0.137. The molecule has 3 rings (SSSR count). The fraction of sp³-hybridized carbons (Fsp3) is 0.348. The number of rotatable bonds is 10. The summed E-state index contributed by atoms with van der Waals surface area (Å²) in [7, 11) is 0. The number of benzene rings is 2. The summed E-state index contributed by atoms with van der Waals surface area (Å²) < 4.78 is 0. The molecule has 1 heterocycles. The largest absolute Gasteiger partial charge is 0.481 e. The molecule has 1 aliphatic rings. The highest BCUT2D eigenvalue weighted by molar-refractivity contribution is 6.21. The van der Waals surface area contributed by atoms with Gasteiger partial charge >= 0.3 is 5.97 Å². The molecule has 29 heavy (non-hydrogen) atoms. The molecule has 2 N–H and O–H groups in total. The first-order valence-electron chi connectivity index (χ1n) is 9.92. The second kappa shape index (κ2) is 9.47. The van der Waals surface area contributed by atoms with Crippen LogP contribution in [-0.2, 0) is 11.2 Å². The number of imide groups is 1. The lowest BCUT2D eigenvalue weighted by Gasteiger charge is -2.24. The molecule has 2 unspecified atom stereocenters. The Morgan fingerprint density at radius 1 is 0.966 bits per heavy atom. The molecular weight excluding hydrogens is 368 g/mol. The van der Waals surface area contributed by atoms with Crippen LogP contribution in [0.15, 0.2) is 54.6 Å². The molecule has 2 amide bonds. The molecule has 0 aliphatic carbocycles. The molecule has 0 saturated heterocycles. The zero-order chi connectivity index (χ0) is 20.8. The maximum Gasteiger partial charge on any atom is 0.303 e. The number of aliphatic carboxylic acids is 1. The summed E-state index contributed by atoms with van der Waals surface area (Å²) >= 11 is 0. The molecule has 0 spiro atoms. The third-order valence-corrected chi connectivity index (χ3v) is 5.22. The molecule has 0 saturated carbocycles. The molecule has 0 radical (unpaired) electrons. The number of carboxylic acids is 1. The standard InChI is InChI=1S/C23H26N2O4/c1-16(13-14-25-22(28)19-9-5-6-10-20(19)23(25)29)24-18(11-12-21(26)27)15-17-7-3-2-4-8-17/h2-10,16,18,24H,11-15H2,1H3,(H,26,27). The number of hydrogen-bond donors (Lipinski definition) is 2. The van der Waals surface area contributed by atoms with Gasteiger partial charge in [0.05, 0.1) is 11.1 Å². The summed E-state index contributed by atoms with van der Waals surface area (Å²) in [6.45, 7) is 2.33. The van der Waals surface area contributed by atoms with E-state index in [1.165, 1.54) is 4.90 Å². The third-order valence-electron chi connectivity index (χ3n) is 5.22. The predicted molar refractivity (Wildman–Crippen MR) is 110 cm³/mol. The van der Waals surface area contributed by atoms with Gasteiger partial charge in [0.1, 0.15) is 0 Å². The van der Waals surface area contributed by atoms with Crippen molar-refractivity contribution in [3.8, 4) is 0 Å². The van der Waals surface area contributed by atoms with Gasteiger partial charge in [-0.3, -0.25) is 19.3 Å². The molecule has 2 aromatic rings. The van der Waals surface area contributed by atoms with E-state index < -0.39 is 5.97 Å². The van der Waals surface area contributed by atoms with Crippen LogP contribution in [0, 0.1) is 0 Å². The minimum Gasteiger partial charge on any atom is -0.481 e. The lowest BCUT2D eigenvalue weighted by atomic mass is 10.0. The van der Waals surface area contributed by atoms with E-state index in [2.05, 4.69) is 5.32 Å². The van der Waals surface area contributed by atoms with Crippen LogP contribution in [0.25, 0.3) is 0 Å². The summed E-state index contributed by atoms with van der Waals surface area (Å²) in [5.74, 6) is -1.31. The average molecular weight is 394 g/mol.